The van der Waals surface area contributed by atoms with Crippen LogP contribution < -0.4 is 10.6 Å². The maximum absolute atomic E-state index is 10.9. The lowest BCUT2D eigenvalue weighted by atomic mass is 10.0. The smallest absolute Gasteiger partial charge is 0.271 e. The van der Waals surface area contributed by atoms with E-state index >= 15 is 0 Å². The van der Waals surface area contributed by atoms with Crippen LogP contribution in [0.3, 0.4) is 0 Å². The second-order valence-corrected chi connectivity index (χ2v) is 6.09. The van der Waals surface area contributed by atoms with E-state index in [1.807, 2.05) is 30.3 Å². The lowest BCUT2D eigenvalue weighted by molar-refractivity contribution is -0.384. The number of hydrogen-bond acceptors (Lipinski definition) is 3. The van der Waals surface area contributed by atoms with E-state index in [0.717, 1.165) is 18.4 Å². The summed E-state index contributed by atoms with van der Waals surface area (Å²) in [6.45, 7) is 2.10. The molecule has 2 rings (SSSR count). The molecule has 2 aromatic carbocycles. The topological polar surface area (TPSA) is 67.2 Å². The average Bonchev–Trinajstić information content (AvgIpc) is 2.57. The molecule has 0 heterocycles. The number of hydrogen-bond donors (Lipinski definition) is 2. The number of nitro groups is 1. The molecule has 0 amide bonds. The molecule has 0 fully saturated rings. The van der Waals surface area contributed by atoms with Crippen LogP contribution in [0.15, 0.2) is 48.5 Å². The largest absolute Gasteiger partial charge is 0.356 e. The van der Waals surface area contributed by atoms with Gasteiger partial charge in [0.25, 0.3) is 5.69 Å². The minimum atomic E-state index is -0.470. The number of rotatable bonds is 6. The number of nitrogens with zero attached hydrogens (tertiary/aromatic N) is 1. The Morgan fingerprint density at radius 3 is 2.62 bits per heavy atom. The van der Waals surface area contributed by atoms with Crippen LogP contribution in [0, 0.1) is 10.1 Å². The van der Waals surface area contributed by atoms with Crippen molar-refractivity contribution in [1.82, 2.24) is 5.32 Å². The molecule has 2 N–H and O–H groups in total. The van der Waals surface area contributed by atoms with Crippen LogP contribution in [-0.4, -0.2) is 10.0 Å². The Morgan fingerprint density at radius 2 is 2.00 bits per heavy atom. The zero-order chi connectivity index (χ0) is 17.5. The first-order valence-electron chi connectivity index (χ1n) is 7.57. The van der Waals surface area contributed by atoms with Crippen LogP contribution >= 0.6 is 23.8 Å². The third-order valence-electron chi connectivity index (χ3n) is 3.49. The molecule has 0 radical (unpaired) electrons. The van der Waals surface area contributed by atoms with Crippen LogP contribution in [0.2, 0.25) is 5.02 Å². The van der Waals surface area contributed by atoms with Gasteiger partial charge in [-0.2, -0.15) is 0 Å². The minimum Gasteiger partial charge on any atom is -0.356 e. The van der Waals surface area contributed by atoms with Crippen molar-refractivity contribution in [2.75, 3.05) is 5.32 Å². The molecule has 5 nitrogen and oxygen atoms in total. The van der Waals surface area contributed by atoms with Crippen molar-refractivity contribution >= 4 is 40.3 Å². The molecule has 0 spiro atoms. The molecule has 7 heteroatoms. The summed E-state index contributed by atoms with van der Waals surface area (Å²) in [5.74, 6) is 0. The molecule has 0 saturated heterocycles. The van der Waals surface area contributed by atoms with Gasteiger partial charge in [0.05, 0.1) is 21.7 Å². The van der Waals surface area contributed by atoms with Gasteiger partial charge in [0.2, 0.25) is 0 Å². The van der Waals surface area contributed by atoms with Crippen molar-refractivity contribution in [3.63, 3.8) is 0 Å². The fourth-order valence-electron chi connectivity index (χ4n) is 2.34. The number of halogens is 1. The Hall–Kier alpha value is -2.18. The monoisotopic (exact) mass is 363 g/mol. The van der Waals surface area contributed by atoms with Gasteiger partial charge in [-0.1, -0.05) is 55.3 Å². The normalized spacial score (nSPS) is 11.6. The first-order valence-corrected chi connectivity index (χ1v) is 8.36. The predicted octanol–water partition coefficient (Wildman–Crippen LogP) is 5.08. The standard InChI is InChI=1S/C17H18ClN3O2S/c1-2-6-15(12-7-4-3-5-8-12)19-17(24)20-16-11-13(21(22)23)9-10-14(16)18/h3-5,7-11,15H,2,6H2,1H3,(H2,19,20,24)/t15-/m0/s1. The van der Waals surface area contributed by atoms with Gasteiger partial charge >= 0.3 is 0 Å². The number of nitrogens with one attached hydrogen (secondary N) is 2. The molecule has 0 saturated carbocycles. The molecule has 0 aromatic heterocycles. The number of non-ortho nitro benzene ring substituents is 1. The Kier molecular flexibility index (Phi) is 6.52. The fraction of sp³-hybridized carbons (Fsp3) is 0.235. The van der Waals surface area contributed by atoms with E-state index < -0.39 is 4.92 Å². The van der Waals surface area contributed by atoms with Gasteiger partial charge < -0.3 is 10.6 Å². The van der Waals surface area contributed by atoms with Crippen molar-refractivity contribution in [3.05, 3.63) is 69.2 Å². The van der Waals surface area contributed by atoms with Crippen molar-refractivity contribution in [3.8, 4) is 0 Å². The van der Waals surface area contributed by atoms with Crippen molar-refractivity contribution in [2.24, 2.45) is 0 Å². The maximum Gasteiger partial charge on any atom is 0.271 e. The summed E-state index contributed by atoms with van der Waals surface area (Å²) in [4.78, 5) is 10.4. The van der Waals surface area contributed by atoms with Gasteiger partial charge in [0.15, 0.2) is 5.11 Å². The zero-order valence-electron chi connectivity index (χ0n) is 13.2. The summed E-state index contributed by atoms with van der Waals surface area (Å²) in [5.41, 5.74) is 1.50. The number of anilines is 1. The average molecular weight is 364 g/mol. The highest BCUT2D eigenvalue weighted by atomic mass is 35.5. The fourth-order valence-corrected chi connectivity index (χ4v) is 2.75. The lowest BCUT2D eigenvalue weighted by Gasteiger charge is -2.21. The van der Waals surface area contributed by atoms with Gasteiger partial charge in [0.1, 0.15) is 0 Å². The summed E-state index contributed by atoms with van der Waals surface area (Å²) in [5, 5.41) is 17.8. The molecule has 0 bridgehead atoms. The van der Waals surface area contributed by atoms with Crippen LogP contribution in [-0.2, 0) is 0 Å². The lowest BCUT2D eigenvalue weighted by Crippen LogP contribution is -2.32. The summed E-state index contributed by atoms with van der Waals surface area (Å²) < 4.78 is 0. The number of thiocarbonyl (C=S) groups is 1. The minimum absolute atomic E-state index is 0.0436. The Bertz CT molecular complexity index is 725. The highest BCUT2D eigenvalue weighted by molar-refractivity contribution is 7.80. The van der Waals surface area contributed by atoms with Gasteiger partial charge in [-0.15, -0.1) is 0 Å². The van der Waals surface area contributed by atoms with E-state index in [-0.39, 0.29) is 11.7 Å². The number of benzene rings is 2. The summed E-state index contributed by atoms with van der Waals surface area (Å²) >= 11 is 11.4. The third kappa shape index (κ3) is 4.91. The molecule has 24 heavy (non-hydrogen) atoms. The van der Waals surface area contributed by atoms with E-state index in [1.54, 1.807) is 0 Å². The van der Waals surface area contributed by atoms with Gasteiger partial charge in [0, 0.05) is 12.1 Å². The quantitative estimate of drug-likeness (QED) is 0.425. The maximum atomic E-state index is 10.9. The van der Waals surface area contributed by atoms with E-state index in [9.17, 15) is 10.1 Å². The van der Waals surface area contributed by atoms with Crippen molar-refractivity contribution in [2.45, 2.75) is 25.8 Å². The van der Waals surface area contributed by atoms with Crippen LogP contribution in [0.5, 0.6) is 0 Å². The van der Waals surface area contributed by atoms with Gasteiger partial charge in [-0.3, -0.25) is 10.1 Å². The van der Waals surface area contributed by atoms with Gasteiger partial charge in [-0.25, -0.2) is 0 Å². The van der Waals surface area contributed by atoms with E-state index in [4.69, 9.17) is 23.8 Å². The van der Waals surface area contributed by atoms with Crippen molar-refractivity contribution in [1.29, 1.82) is 0 Å². The highest BCUT2D eigenvalue weighted by Gasteiger charge is 2.14. The molecule has 0 unspecified atom stereocenters. The Morgan fingerprint density at radius 1 is 1.29 bits per heavy atom. The third-order valence-corrected chi connectivity index (χ3v) is 4.04. The van der Waals surface area contributed by atoms with Crippen LogP contribution in [0.25, 0.3) is 0 Å². The summed E-state index contributed by atoms with van der Waals surface area (Å²) in [7, 11) is 0. The predicted molar refractivity (Wildman–Crippen MR) is 102 cm³/mol. The molecule has 0 aliphatic heterocycles. The molecular weight excluding hydrogens is 346 g/mol. The van der Waals surface area contributed by atoms with Gasteiger partial charge in [-0.05, 0) is 30.3 Å². The van der Waals surface area contributed by atoms with E-state index in [1.165, 1.54) is 18.2 Å². The van der Waals surface area contributed by atoms with Crippen molar-refractivity contribution < 1.29 is 4.92 Å². The first-order chi connectivity index (χ1) is 11.5. The summed E-state index contributed by atoms with van der Waals surface area (Å²) in [6, 6.07) is 14.3. The molecule has 0 aliphatic rings. The molecule has 2 aromatic rings. The highest BCUT2D eigenvalue weighted by Crippen LogP contribution is 2.27. The Labute approximate surface area is 151 Å². The SMILES string of the molecule is CCC[C@H](NC(=S)Nc1cc([N+](=O)[O-])ccc1Cl)c1ccccc1. The second-order valence-electron chi connectivity index (χ2n) is 5.27. The zero-order valence-corrected chi connectivity index (χ0v) is 14.7. The first kappa shape index (κ1) is 18.2. The molecule has 1 atom stereocenters. The summed E-state index contributed by atoms with van der Waals surface area (Å²) in [6.07, 6.45) is 1.90. The second kappa shape index (κ2) is 8.61. The van der Waals surface area contributed by atoms with Crippen LogP contribution in [0.4, 0.5) is 11.4 Å². The van der Waals surface area contributed by atoms with Crippen LogP contribution in [0.1, 0.15) is 31.4 Å². The molecule has 0 aliphatic carbocycles. The Balaban J connectivity index is 2.11. The molecule has 126 valence electrons. The van der Waals surface area contributed by atoms with E-state index in [0.29, 0.717) is 15.8 Å². The molecular formula is C17H18ClN3O2S. The number of nitro benzene ring substituents is 1. The van der Waals surface area contributed by atoms with E-state index in [2.05, 4.69) is 17.6 Å².